The first-order chi connectivity index (χ1) is 13.2. The fourth-order valence-corrected chi connectivity index (χ4v) is 4.56. The number of morpholine rings is 1. The second kappa shape index (κ2) is 6.62. The van der Waals surface area contributed by atoms with Crippen LogP contribution in [0, 0.1) is 5.92 Å². The SMILES string of the molecule is C[C@@H]1[C@H](c2ccccc2O)c2cc3c(cc2O[C@@H]1[NH+]1CCOCC1)OCO3. The van der Waals surface area contributed by atoms with Gasteiger partial charge in [-0.05, 0) is 12.1 Å². The van der Waals surface area contributed by atoms with Crippen molar-refractivity contribution in [1.82, 2.24) is 0 Å². The van der Waals surface area contributed by atoms with E-state index in [1.807, 2.05) is 30.3 Å². The van der Waals surface area contributed by atoms with E-state index < -0.39 is 0 Å². The van der Waals surface area contributed by atoms with E-state index in [1.165, 1.54) is 4.90 Å². The molecule has 2 aromatic rings. The normalized spacial score (nSPS) is 27.1. The highest BCUT2D eigenvalue weighted by Gasteiger charge is 2.44. The number of aromatic hydroxyl groups is 1. The largest absolute Gasteiger partial charge is 0.508 e. The fraction of sp³-hybridized carbons (Fsp3) is 0.429. The van der Waals surface area contributed by atoms with E-state index in [0.29, 0.717) is 5.75 Å². The molecule has 0 bridgehead atoms. The Bertz CT molecular complexity index is 848. The van der Waals surface area contributed by atoms with Gasteiger partial charge in [-0.15, -0.1) is 0 Å². The molecule has 5 rings (SSSR count). The van der Waals surface area contributed by atoms with Gasteiger partial charge in [-0.2, -0.15) is 0 Å². The zero-order valence-electron chi connectivity index (χ0n) is 15.3. The van der Waals surface area contributed by atoms with Gasteiger partial charge in [0.05, 0.1) is 19.1 Å². The molecule has 0 amide bonds. The Labute approximate surface area is 158 Å². The standard InChI is InChI=1S/C21H23NO5/c1-13-20(14-4-2-3-5-16(14)23)15-10-18-19(26-12-25-18)11-17(15)27-21(13)22-6-8-24-9-7-22/h2-5,10-11,13,20-21,23H,6-9,12H2,1H3/p+1/t13-,20-,21+/m1/s1. The Balaban J connectivity index is 1.62. The Morgan fingerprint density at radius 1 is 0.963 bits per heavy atom. The molecule has 3 heterocycles. The highest BCUT2D eigenvalue weighted by Crippen LogP contribution is 2.49. The van der Waals surface area contributed by atoms with Gasteiger partial charge in [0.25, 0.3) is 0 Å². The molecule has 0 spiro atoms. The number of phenols is 1. The molecule has 27 heavy (non-hydrogen) atoms. The van der Waals surface area contributed by atoms with E-state index in [1.54, 1.807) is 6.07 Å². The van der Waals surface area contributed by atoms with Crippen molar-refractivity contribution in [2.45, 2.75) is 19.1 Å². The number of ether oxygens (including phenoxy) is 4. The van der Waals surface area contributed by atoms with Gasteiger partial charge in [-0.3, -0.25) is 4.90 Å². The van der Waals surface area contributed by atoms with Crippen molar-refractivity contribution < 1.29 is 29.0 Å². The van der Waals surface area contributed by atoms with Gasteiger partial charge in [0, 0.05) is 23.1 Å². The van der Waals surface area contributed by atoms with E-state index in [0.717, 1.165) is 54.7 Å². The number of hydrogen-bond acceptors (Lipinski definition) is 5. The average Bonchev–Trinajstić information content (AvgIpc) is 3.15. The molecular formula is C21H24NO5+. The predicted octanol–water partition coefficient (Wildman–Crippen LogP) is 1.52. The van der Waals surface area contributed by atoms with Crippen LogP contribution in [0.5, 0.6) is 23.0 Å². The van der Waals surface area contributed by atoms with Crippen molar-refractivity contribution in [3.05, 3.63) is 47.5 Å². The Hall–Kier alpha value is -2.44. The lowest BCUT2D eigenvalue weighted by Gasteiger charge is -2.42. The molecule has 1 saturated heterocycles. The maximum absolute atomic E-state index is 10.6. The predicted molar refractivity (Wildman–Crippen MR) is 97.6 cm³/mol. The minimum absolute atomic E-state index is 0.00798. The molecule has 3 aliphatic heterocycles. The van der Waals surface area contributed by atoms with Crippen LogP contribution in [-0.2, 0) is 4.74 Å². The molecule has 6 heteroatoms. The fourth-order valence-electron chi connectivity index (χ4n) is 4.56. The van der Waals surface area contributed by atoms with Gasteiger partial charge in [0.15, 0.2) is 11.5 Å². The van der Waals surface area contributed by atoms with E-state index in [9.17, 15) is 5.11 Å². The van der Waals surface area contributed by atoms with Crippen LogP contribution >= 0.6 is 0 Å². The number of hydrogen-bond donors (Lipinski definition) is 2. The van der Waals surface area contributed by atoms with Gasteiger partial charge in [0.1, 0.15) is 24.6 Å². The third-order valence-corrected chi connectivity index (χ3v) is 5.91. The number of nitrogens with one attached hydrogen (secondary N) is 1. The second-order valence-electron chi connectivity index (χ2n) is 7.45. The van der Waals surface area contributed by atoms with Crippen LogP contribution in [0.25, 0.3) is 0 Å². The maximum atomic E-state index is 10.6. The third-order valence-electron chi connectivity index (χ3n) is 5.91. The minimum Gasteiger partial charge on any atom is -0.508 e. The summed E-state index contributed by atoms with van der Waals surface area (Å²) in [6.07, 6.45) is -0.00798. The minimum atomic E-state index is -0.00798. The maximum Gasteiger partial charge on any atom is 0.235 e. The van der Waals surface area contributed by atoms with Gasteiger partial charge in [-0.1, -0.05) is 25.1 Å². The van der Waals surface area contributed by atoms with E-state index >= 15 is 0 Å². The summed E-state index contributed by atoms with van der Waals surface area (Å²) in [7, 11) is 0. The molecule has 0 saturated carbocycles. The summed E-state index contributed by atoms with van der Waals surface area (Å²) in [4.78, 5) is 1.39. The topological polar surface area (TPSA) is 61.6 Å². The van der Waals surface area contributed by atoms with E-state index in [-0.39, 0.29) is 24.9 Å². The van der Waals surface area contributed by atoms with Crippen LogP contribution in [0.2, 0.25) is 0 Å². The van der Waals surface area contributed by atoms with Crippen LogP contribution in [-0.4, -0.2) is 44.4 Å². The van der Waals surface area contributed by atoms with Crippen molar-refractivity contribution in [3.8, 4) is 23.0 Å². The summed E-state index contributed by atoms with van der Waals surface area (Å²) >= 11 is 0. The summed E-state index contributed by atoms with van der Waals surface area (Å²) in [6, 6.07) is 11.5. The van der Waals surface area contributed by atoms with Crippen LogP contribution in [0.15, 0.2) is 36.4 Å². The lowest BCUT2D eigenvalue weighted by molar-refractivity contribution is -0.955. The Kier molecular flexibility index (Phi) is 4.10. The molecular weight excluding hydrogens is 346 g/mol. The average molecular weight is 370 g/mol. The van der Waals surface area contributed by atoms with Crippen molar-refractivity contribution in [2.24, 2.45) is 5.92 Å². The van der Waals surface area contributed by atoms with Crippen molar-refractivity contribution in [1.29, 1.82) is 0 Å². The Morgan fingerprint density at radius 3 is 2.48 bits per heavy atom. The number of para-hydroxylation sites is 1. The molecule has 0 aromatic heterocycles. The molecule has 6 nitrogen and oxygen atoms in total. The van der Waals surface area contributed by atoms with E-state index in [4.69, 9.17) is 18.9 Å². The summed E-state index contributed by atoms with van der Waals surface area (Å²) in [5.41, 5.74) is 1.96. The molecule has 0 unspecified atom stereocenters. The van der Waals surface area contributed by atoms with Crippen molar-refractivity contribution in [3.63, 3.8) is 0 Å². The third kappa shape index (κ3) is 2.80. The molecule has 0 radical (unpaired) electrons. The first kappa shape index (κ1) is 16.7. The number of quaternary nitrogens is 1. The van der Waals surface area contributed by atoms with Gasteiger partial charge in [-0.25, -0.2) is 0 Å². The number of benzene rings is 2. The summed E-state index contributed by atoms with van der Waals surface area (Å²) < 4.78 is 23.2. The lowest BCUT2D eigenvalue weighted by atomic mass is 9.77. The molecule has 3 atom stereocenters. The quantitative estimate of drug-likeness (QED) is 0.840. The first-order valence-corrected chi connectivity index (χ1v) is 9.53. The van der Waals surface area contributed by atoms with Crippen molar-refractivity contribution in [2.75, 3.05) is 33.1 Å². The highest BCUT2D eigenvalue weighted by molar-refractivity contribution is 5.57. The summed E-state index contributed by atoms with van der Waals surface area (Å²) in [6.45, 7) is 5.77. The lowest BCUT2D eigenvalue weighted by Crippen LogP contribution is -3.19. The molecule has 1 fully saturated rings. The first-order valence-electron chi connectivity index (χ1n) is 9.53. The van der Waals surface area contributed by atoms with Crippen LogP contribution in [0.1, 0.15) is 24.0 Å². The monoisotopic (exact) mass is 370 g/mol. The number of rotatable bonds is 2. The summed E-state index contributed by atoms with van der Waals surface area (Å²) in [5.74, 6) is 2.78. The molecule has 2 aromatic carbocycles. The zero-order chi connectivity index (χ0) is 18.4. The summed E-state index contributed by atoms with van der Waals surface area (Å²) in [5, 5.41) is 10.6. The van der Waals surface area contributed by atoms with Gasteiger partial charge in [0.2, 0.25) is 13.0 Å². The number of fused-ring (bicyclic) bond motifs is 2. The van der Waals surface area contributed by atoms with Gasteiger partial charge < -0.3 is 24.1 Å². The van der Waals surface area contributed by atoms with Crippen molar-refractivity contribution >= 4 is 0 Å². The second-order valence-corrected chi connectivity index (χ2v) is 7.45. The van der Waals surface area contributed by atoms with Crippen LogP contribution in [0.3, 0.4) is 0 Å². The molecule has 3 aliphatic rings. The van der Waals surface area contributed by atoms with Gasteiger partial charge >= 0.3 is 0 Å². The molecule has 142 valence electrons. The van der Waals surface area contributed by atoms with E-state index in [2.05, 4.69) is 6.92 Å². The zero-order valence-corrected chi connectivity index (χ0v) is 15.3. The Morgan fingerprint density at radius 2 is 1.70 bits per heavy atom. The number of phenolic OH excluding ortho intramolecular Hbond substituents is 1. The molecule has 0 aliphatic carbocycles. The highest BCUT2D eigenvalue weighted by atomic mass is 16.7. The molecule has 2 N–H and O–H groups in total. The van der Waals surface area contributed by atoms with Crippen LogP contribution in [0.4, 0.5) is 0 Å². The smallest absolute Gasteiger partial charge is 0.235 e. The van der Waals surface area contributed by atoms with Crippen LogP contribution < -0.4 is 19.1 Å².